The van der Waals surface area contributed by atoms with E-state index in [2.05, 4.69) is 59.8 Å². The van der Waals surface area contributed by atoms with E-state index >= 15 is 0 Å². The molecule has 1 heterocycles. The van der Waals surface area contributed by atoms with E-state index in [0.29, 0.717) is 19.8 Å². The summed E-state index contributed by atoms with van der Waals surface area (Å²) in [6, 6.07) is 18.1. The van der Waals surface area contributed by atoms with E-state index in [1.807, 2.05) is 42.5 Å². The van der Waals surface area contributed by atoms with Gasteiger partial charge in [0.25, 0.3) is 0 Å². The molecule has 0 unspecified atom stereocenters. The van der Waals surface area contributed by atoms with Crippen LogP contribution in [0, 0.1) is 5.41 Å². The van der Waals surface area contributed by atoms with Crippen molar-refractivity contribution in [2.24, 2.45) is 5.41 Å². The first kappa shape index (κ1) is 26.9. The molecule has 0 radical (unpaired) electrons. The van der Waals surface area contributed by atoms with Gasteiger partial charge in [-0.25, -0.2) is 0 Å². The summed E-state index contributed by atoms with van der Waals surface area (Å²) in [5, 5.41) is 0.120. The van der Waals surface area contributed by atoms with Gasteiger partial charge in [0, 0.05) is 11.0 Å². The van der Waals surface area contributed by atoms with Gasteiger partial charge in [0.05, 0.1) is 33.0 Å². The fourth-order valence-electron chi connectivity index (χ4n) is 3.76. The number of hydrogen-bond donors (Lipinski definition) is 0. The molecule has 0 aliphatic carbocycles. The van der Waals surface area contributed by atoms with Gasteiger partial charge in [-0.05, 0) is 35.8 Å². The van der Waals surface area contributed by atoms with Gasteiger partial charge in [-0.15, -0.1) is 0 Å². The van der Waals surface area contributed by atoms with Crippen LogP contribution in [-0.4, -0.2) is 40.8 Å². The van der Waals surface area contributed by atoms with Crippen LogP contribution in [0.1, 0.15) is 52.0 Å². The summed E-state index contributed by atoms with van der Waals surface area (Å²) >= 11 is 0. The van der Waals surface area contributed by atoms with Gasteiger partial charge in [0.2, 0.25) is 0 Å². The first-order chi connectivity index (χ1) is 15.9. The maximum absolute atomic E-state index is 6.64. The summed E-state index contributed by atoms with van der Waals surface area (Å²) in [5.74, 6) is 0.809. The van der Waals surface area contributed by atoms with E-state index in [0.717, 1.165) is 16.9 Å². The summed E-state index contributed by atoms with van der Waals surface area (Å²) in [5.41, 5.74) is 1.87. The summed E-state index contributed by atoms with van der Waals surface area (Å²) in [6.07, 6.45) is -0.879. The van der Waals surface area contributed by atoms with Crippen LogP contribution in [0.5, 0.6) is 5.75 Å². The van der Waals surface area contributed by atoms with Gasteiger partial charge in [-0.2, -0.15) is 0 Å². The number of benzene rings is 2. The SMILES string of the molecule is COc1ccc([C@@H]2OCC(C)(C)[C@H]([C@H](CO[Si](C)(C)C(C)(C)C)OCc3ccccc3)O2)cc1. The van der Waals surface area contributed by atoms with Crippen LogP contribution in [0.4, 0.5) is 0 Å². The third kappa shape index (κ3) is 6.70. The fourth-order valence-corrected chi connectivity index (χ4v) is 4.78. The van der Waals surface area contributed by atoms with E-state index in [1.165, 1.54) is 0 Å². The Morgan fingerprint density at radius 1 is 1.03 bits per heavy atom. The largest absolute Gasteiger partial charge is 0.497 e. The summed E-state index contributed by atoms with van der Waals surface area (Å²) in [6.45, 7) is 17.2. The third-order valence-electron chi connectivity index (χ3n) is 7.09. The molecular weight excluding hydrogens is 444 g/mol. The molecule has 3 atom stereocenters. The highest BCUT2D eigenvalue weighted by molar-refractivity contribution is 6.74. The van der Waals surface area contributed by atoms with Crippen molar-refractivity contribution in [3.8, 4) is 5.75 Å². The lowest BCUT2D eigenvalue weighted by molar-refractivity contribution is -0.291. The monoisotopic (exact) mass is 486 g/mol. The Bertz CT molecular complexity index is 889. The molecule has 0 saturated carbocycles. The minimum Gasteiger partial charge on any atom is -0.497 e. The van der Waals surface area contributed by atoms with E-state index in [-0.39, 0.29) is 22.7 Å². The van der Waals surface area contributed by atoms with E-state index in [4.69, 9.17) is 23.4 Å². The zero-order valence-electron chi connectivity index (χ0n) is 22.1. The average Bonchev–Trinajstić information content (AvgIpc) is 2.79. The average molecular weight is 487 g/mol. The molecule has 34 heavy (non-hydrogen) atoms. The van der Waals surface area contributed by atoms with Crippen molar-refractivity contribution in [3.63, 3.8) is 0 Å². The Morgan fingerprint density at radius 2 is 1.68 bits per heavy atom. The lowest BCUT2D eigenvalue weighted by atomic mass is 9.83. The van der Waals surface area contributed by atoms with Crippen molar-refractivity contribution in [1.29, 1.82) is 0 Å². The highest BCUT2D eigenvalue weighted by Gasteiger charge is 2.45. The molecule has 5 nitrogen and oxygen atoms in total. The molecule has 3 rings (SSSR count). The molecule has 2 aromatic rings. The van der Waals surface area contributed by atoms with Crippen LogP contribution in [-0.2, 0) is 25.2 Å². The number of methoxy groups -OCH3 is 1. The van der Waals surface area contributed by atoms with Gasteiger partial charge in [0.1, 0.15) is 11.9 Å². The van der Waals surface area contributed by atoms with Crippen molar-refractivity contribution in [3.05, 3.63) is 65.7 Å². The third-order valence-corrected chi connectivity index (χ3v) is 11.6. The van der Waals surface area contributed by atoms with E-state index in [1.54, 1.807) is 7.11 Å². The van der Waals surface area contributed by atoms with Crippen molar-refractivity contribution < 1.29 is 23.4 Å². The highest BCUT2D eigenvalue weighted by Crippen LogP contribution is 2.41. The molecule has 0 N–H and O–H groups in total. The number of rotatable bonds is 9. The molecule has 188 valence electrons. The summed E-state index contributed by atoms with van der Waals surface area (Å²) in [4.78, 5) is 0. The fraction of sp³-hybridized carbons (Fsp3) is 0.571. The smallest absolute Gasteiger partial charge is 0.192 e. The van der Waals surface area contributed by atoms with Crippen molar-refractivity contribution in [2.75, 3.05) is 20.3 Å². The molecule has 0 bridgehead atoms. The van der Waals surface area contributed by atoms with E-state index in [9.17, 15) is 0 Å². The van der Waals surface area contributed by atoms with E-state index < -0.39 is 14.6 Å². The molecule has 1 aliphatic rings. The topological polar surface area (TPSA) is 46.2 Å². The maximum Gasteiger partial charge on any atom is 0.192 e. The minimum absolute atomic E-state index is 0.120. The first-order valence-corrected chi connectivity index (χ1v) is 15.0. The molecule has 1 saturated heterocycles. The Morgan fingerprint density at radius 3 is 2.26 bits per heavy atom. The maximum atomic E-state index is 6.64. The zero-order chi connectivity index (χ0) is 25.0. The van der Waals surface area contributed by atoms with Crippen LogP contribution >= 0.6 is 0 Å². The van der Waals surface area contributed by atoms with Crippen molar-refractivity contribution in [1.82, 2.24) is 0 Å². The predicted octanol–water partition coefficient (Wildman–Crippen LogP) is 6.74. The van der Waals surface area contributed by atoms with Gasteiger partial charge < -0.3 is 23.4 Å². The molecule has 1 fully saturated rings. The van der Waals surface area contributed by atoms with Gasteiger partial charge in [-0.1, -0.05) is 77.1 Å². The van der Waals surface area contributed by atoms with Crippen LogP contribution in [0.25, 0.3) is 0 Å². The van der Waals surface area contributed by atoms with Crippen LogP contribution in [0.15, 0.2) is 54.6 Å². The van der Waals surface area contributed by atoms with Gasteiger partial charge >= 0.3 is 0 Å². The Balaban J connectivity index is 1.82. The second-order valence-corrected chi connectivity index (χ2v) is 16.2. The second-order valence-electron chi connectivity index (χ2n) is 11.4. The normalized spacial score (nSPS) is 21.8. The Kier molecular flexibility index (Phi) is 8.64. The number of ether oxygens (including phenoxy) is 4. The molecule has 1 aliphatic heterocycles. The molecule has 0 spiro atoms. The quantitative estimate of drug-likeness (QED) is 0.367. The summed E-state index contributed by atoms with van der Waals surface area (Å²) < 4.78 is 31.2. The Labute approximate surface area is 206 Å². The molecule has 2 aromatic carbocycles. The first-order valence-electron chi connectivity index (χ1n) is 12.1. The van der Waals surface area contributed by atoms with Crippen molar-refractivity contribution in [2.45, 2.75) is 77.9 Å². The minimum atomic E-state index is -1.96. The number of hydrogen-bond acceptors (Lipinski definition) is 5. The van der Waals surface area contributed by atoms with Crippen LogP contribution in [0.3, 0.4) is 0 Å². The standard InChI is InChI=1S/C28H42O5Si/c1-27(2,3)34(7,8)32-19-24(30-18-21-12-10-9-11-13-21)25-28(4,5)20-31-26(33-25)22-14-16-23(29-6)17-15-22/h9-17,24-26H,18-20H2,1-8H3/t24-,25-,26+/m0/s1. The lowest BCUT2D eigenvalue weighted by Gasteiger charge is -2.46. The molecule has 6 heteroatoms. The summed E-state index contributed by atoms with van der Waals surface area (Å²) in [7, 11) is -0.293. The van der Waals surface area contributed by atoms with Crippen LogP contribution < -0.4 is 4.74 Å². The van der Waals surface area contributed by atoms with Gasteiger partial charge in [-0.3, -0.25) is 0 Å². The molecular formula is C28H42O5Si. The highest BCUT2D eigenvalue weighted by atomic mass is 28.4. The predicted molar refractivity (Wildman–Crippen MR) is 139 cm³/mol. The second kappa shape index (κ2) is 10.9. The zero-order valence-corrected chi connectivity index (χ0v) is 23.1. The molecule has 0 amide bonds. The molecule has 0 aromatic heterocycles. The van der Waals surface area contributed by atoms with Crippen LogP contribution in [0.2, 0.25) is 18.1 Å². The lowest BCUT2D eigenvalue weighted by Crippen LogP contribution is -2.53. The van der Waals surface area contributed by atoms with Crippen molar-refractivity contribution >= 4 is 8.32 Å². The van der Waals surface area contributed by atoms with Gasteiger partial charge in [0.15, 0.2) is 14.6 Å². The Hall–Kier alpha value is -1.70.